The molecule has 2 aromatic heterocycles. The molecule has 25 heavy (non-hydrogen) atoms. The fourth-order valence-corrected chi connectivity index (χ4v) is 2.71. The van der Waals surface area contributed by atoms with Crippen molar-refractivity contribution in [2.75, 3.05) is 5.32 Å². The van der Waals surface area contributed by atoms with E-state index in [1.807, 2.05) is 49.4 Å². The Labute approximate surface area is 143 Å². The zero-order chi connectivity index (χ0) is 17.2. The van der Waals surface area contributed by atoms with E-state index in [1.54, 1.807) is 6.33 Å². The van der Waals surface area contributed by atoms with Crippen LogP contribution < -0.4 is 5.32 Å². The van der Waals surface area contributed by atoms with Gasteiger partial charge in [0.05, 0.1) is 11.2 Å². The zero-order valence-corrected chi connectivity index (χ0v) is 13.6. The number of carbonyl (C=O) groups is 1. The zero-order valence-electron chi connectivity index (χ0n) is 13.6. The Hall–Kier alpha value is -3.48. The lowest BCUT2D eigenvalue weighted by Crippen LogP contribution is -2.09. The molecule has 0 aliphatic heterocycles. The number of aromatic amines is 2. The van der Waals surface area contributed by atoms with E-state index in [1.165, 1.54) is 0 Å². The summed E-state index contributed by atoms with van der Waals surface area (Å²) < 4.78 is 0. The van der Waals surface area contributed by atoms with Gasteiger partial charge in [-0.25, -0.2) is 4.98 Å². The molecule has 0 saturated heterocycles. The van der Waals surface area contributed by atoms with Crippen LogP contribution in [0.3, 0.4) is 0 Å². The maximum absolute atomic E-state index is 11.6. The number of nitrogens with zero attached hydrogens (tertiary/aromatic N) is 3. The molecule has 0 aliphatic rings. The molecule has 1 amide bonds. The van der Waals surface area contributed by atoms with E-state index in [-0.39, 0.29) is 5.91 Å². The fourth-order valence-electron chi connectivity index (χ4n) is 2.71. The third-order valence-corrected chi connectivity index (χ3v) is 3.98. The Bertz CT molecular complexity index is 1030. The predicted molar refractivity (Wildman–Crippen MR) is 95.8 cm³/mol. The van der Waals surface area contributed by atoms with Gasteiger partial charge in [0.1, 0.15) is 6.33 Å². The van der Waals surface area contributed by atoms with Gasteiger partial charge in [-0.05, 0) is 30.3 Å². The van der Waals surface area contributed by atoms with Gasteiger partial charge in [0, 0.05) is 28.6 Å². The predicted octanol–water partition coefficient (Wildman–Crippen LogP) is 3.36. The van der Waals surface area contributed by atoms with Crippen molar-refractivity contribution in [2.45, 2.75) is 13.3 Å². The van der Waals surface area contributed by atoms with Gasteiger partial charge in [-0.2, -0.15) is 10.2 Å². The molecule has 4 aromatic rings. The van der Waals surface area contributed by atoms with Crippen LogP contribution in [0.4, 0.5) is 5.69 Å². The van der Waals surface area contributed by atoms with Crippen LogP contribution in [-0.2, 0) is 4.79 Å². The molecule has 0 aliphatic carbocycles. The number of rotatable bonds is 4. The minimum absolute atomic E-state index is 0.0177. The van der Waals surface area contributed by atoms with Crippen LogP contribution in [0, 0.1) is 0 Å². The Balaban J connectivity index is 1.77. The van der Waals surface area contributed by atoms with Crippen molar-refractivity contribution in [3.05, 3.63) is 48.8 Å². The summed E-state index contributed by atoms with van der Waals surface area (Å²) in [5, 5.41) is 18.2. The highest BCUT2D eigenvalue weighted by Gasteiger charge is 2.11. The molecular formula is C18H16N6O. The lowest BCUT2D eigenvalue weighted by molar-refractivity contribution is -0.115. The first kappa shape index (κ1) is 15.1. The number of fused-ring (bicyclic) bond motifs is 1. The Morgan fingerprint density at radius 1 is 1.12 bits per heavy atom. The van der Waals surface area contributed by atoms with E-state index in [4.69, 9.17) is 0 Å². The van der Waals surface area contributed by atoms with Gasteiger partial charge in [-0.3, -0.25) is 15.0 Å². The van der Waals surface area contributed by atoms with Crippen molar-refractivity contribution in [3.63, 3.8) is 0 Å². The molecule has 4 rings (SSSR count). The minimum atomic E-state index is -0.0177. The van der Waals surface area contributed by atoms with Crippen molar-refractivity contribution >= 4 is 22.5 Å². The molecule has 0 spiro atoms. The van der Waals surface area contributed by atoms with Crippen molar-refractivity contribution in [1.29, 1.82) is 0 Å². The van der Waals surface area contributed by atoms with Gasteiger partial charge in [0.15, 0.2) is 5.82 Å². The van der Waals surface area contributed by atoms with Crippen molar-refractivity contribution < 1.29 is 4.79 Å². The third kappa shape index (κ3) is 2.87. The average Bonchev–Trinajstić information content (AvgIpc) is 3.31. The summed E-state index contributed by atoms with van der Waals surface area (Å²) in [6.45, 7) is 1.82. The highest BCUT2D eigenvalue weighted by molar-refractivity contribution is 5.96. The Morgan fingerprint density at radius 3 is 2.84 bits per heavy atom. The Kier molecular flexibility index (Phi) is 3.74. The topological polar surface area (TPSA) is 99.4 Å². The number of H-pyrrole nitrogens is 2. The molecule has 7 nitrogen and oxygen atoms in total. The van der Waals surface area contributed by atoms with Crippen LogP contribution in [-0.4, -0.2) is 31.3 Å². The summed E-state index contributed by atoms with van der Waals surface area (Å²) >= 11 is 0. The second-order valence-corrected chi connectivity index (χ2v) is 5.64. The number of aromatic nitrogens is 5. The maximum Gasteiger partial charge on any atom is 0.224 e. The van der Waals surface area contributed by atoms with E-state index < -0.39 is 0 Å². The van der Waals surface area contributed by atoms with Crippen molar-refractivity contribution in [3.8, 4) is 22.6 Å². The SMILES string of the molecule is CCC(=O)Nc1cccc(-c2n[nH]c3ccc(-c4nc[nH]n4)cc23)c1. The highest BCUT2D eigenvalue weighted by atomic mass is 16.1. The number of amides is 1. The summed E-state index contributed by atoms with van der Waals surface area (Å²) in [6.07, 6.45) is 1.99. The van der Waals surface area contributed by atoms with Crippen molar-refractivity contribution in [1.82, 2.24) is 25.4 Å². The Morgan fingerprint density at radius 2 is 2.04 bits per heavy atom. The van der Waals surface area contributed by atoms with E-state index in [0.717, 1.165) is 33.4 Å². The fraction of sp³-hybridized carbons (Fsp3) is 0.111. The van der Waals surface area contributed by atoms with Crippen LogP contribution in [0.2, 0.25) is 0 Å². The monoisotopic (exact) mass is 332 g/mol. The average molecular weight is 332 g/mol. The summed E-state index contributed by atoms with van der Waals surface area (Å²) in [6, 6.07) is 13.6. The molecule has 0 radical (unpaired) electrons. The van der Waals surface area contributed by atoms with Crippen molar-refractivity contribution in [2.24, 2.45) is 0 Å². The highest BCUT2D eigenvalue weighted by Crippen LogP contribution is 2.30. The molecule has 0 fully saturated rings. The third-order valence-electron chi connectivity index (χ3n) is 3.98. The summed E-state index contributed by atoms with van der Waals surface area (Å²) in [7, 11) is 0. The summed E-state index contributed by atoms with van der Waals surface area (Å²) in [5.41, 5.74) is 4.34. The first-order valence-electron chi connectivity index (χ1n) is 7.99. The molecule has 2 heterocycles. The summed E-state index contributed by atoms with van der Waals surface area (Å²) in [4.78, 5) is 15.8. The summed E-state index contributed by atoms with van der Waals surface area (Å²) in [5.74, 6) is 0.619. The first-order valence-corrected chi connectivity index (χ1v) is 7.99. The quantitative estimate of drug-likeness (QED) is 0.533. The van der Waals surface area contributed by atoms with E-state index in [9.17, 15) is 4.79 Å². The molecule has 124 valence electrons. The molecule has 0 saturated carbocycles. The minimum Gasteiger partial charge on any atom is -0.326 e. The molecule has 0 bridgehead atoms. The van der Waals surface area contributed by atoms with Crippen LogP contribution >= 0.6 is 0 Å². The standard InChI is InChI=1S/C18H16N6O/c1-2-16(25)21-13-5-3-4-11(8-13)17-14-9-12(18-19-10-20-24-18)6-7-15(14)22-23-17/h3-10H,2H2,1H3,(H,21,25)(H,22,23)(H,19,20,24). The number of hydrogen-bond acceptors (Lipinski definition) is 4. The van der Waals surface area contributed by atoms with E-state index in [0.29, 0.717) is 12.2 Å². The smallest absolute Gasteiger partial charge is 0.224 e. The van der Waals surface area contributed by atoms with Gasteiger partial charge in [-0.15, -0.1) is 0 Å². The number of carbonyl (C=O) groups excluding carboxylic acids is 1. The molecule has 0 atom stereocenters. The normalized spacial score (nSPS) is 10.9. The van der Waals surface area contributed by atoms with Gasteiger partial charge in [0.25, 0.3) is 0 Å². The number of nitrogens with one attached hydrogen (secondary N) is 3. The molecular weight excluding hydrogens is 316 g/mol. The molecule has 0 unspecified atom stereocenters. The number of benzene rings is 2. The van der Waals surface area contributed by atoms with Gasteiger partial charge in [0.2, 0.25) is 5.91 Å². The second-order valence-electron chi connectivity index (χ2n) is 5.64. The van der Waals surface area contributed by atoms with E-state index in [2.05, 4.69) is 30.7 Å². The molecule has 7 heteroatoms. The second kappa shape index (κ2) is 6.20. The molecule has 3 N–H and O–H groups in total. The number of anilines is 1. The number of hydrogen-bond donors (Lipinski definition) is 3. The maximum atomic E-state index is 11.6. The van der Waals surface area contributed by atoms with Crippen LogP contribution in [0.15, 0.2) is 48.8 Å². The van der Waals surface area contributed by atoms with Crippen LogP contribution in [0.5, 0.6) is 0 Å². The van der Waals surface area contributed by atoms with Gasteiger partial charge < -0.3 is 5.32 Å². The molecule has 2 aromatic carbocycles. The van der Waals surface area contributed by atoms with Crippen LogP contribution in [0.25, 0.3) is 33.5 Å². The van der Waals surface area contributed by atoms with E-state index >= 15 is 0 Å². The van der Waals surface area contributed by atoms with Gasteiger partial charge >= 0.3 is 0 Å². The lowest BCUT2D eigenvalue weighted by atomic mass is 10.0. The largest absolute Gasteiger partial charge is 0.326 e. The lowest BCUT2D eigenvalue weighted by Gasteiger charge is -2.05. The first-order chi connectivity index (χ1) is 12.2. The van der Waals surface area contributed by atoms with Crippen LogP contribution in [0.1, 0.15) is 13.3 Å². The van der Waals surface area contributed by atoms with Gasteiger partial charge in [-0.1, -0.05) is 19.1 Å².